The van der Waals surface area contributed by atoms with E-state index in [2.05, 4.69) is 78.8 Å². The summed E-state index contributed by atoms with van der Waals surface area (Å²) >= 11 is 0. The van der Waals surface area contributed by atoms with E-state index < -0.39 is 0 Å². The van der Waals surface area contributed by atoms with Gasteiger partial charge in [0.05, 0.1) is 57.5 Å². The molecular formula is C43H74Cl2N4O6. The molecule has 55 heavy (non-hydrogen) atoms. The number of nitrogens with one attached hydrogen (secondary N) is 2. The Morgan fingerprint density at radius 1 is 0.764 bits per heavy atom. The third-order valence-corrected chi connectivity index (χ3v) is 7.84. The first-order chi connectivity index (χ1) is 25.8. The molecular weight excluding hydrogens is 739 g/mol. The van der Waals surface area contributed by atoms with Crippen molar-refractivity contribution < 1.29 is 29.5 Å². The Kier molecular flexibility index (Phi) is 37.4. The molecule has 3 aromatic rings. The summed E-state index contributed by atoms with van der Waals surface area (Å²) in [6.45, 7) is 23.7. The zero-order valence-electron chi connectivity index (χ0n) is 34.4. The molecule has 6 rings (SSSR count). The van der Waals surface area contributed by atoms with Gasteiger partial charge in [-0.3, -0.25) is 9.80 Å². The minimum absolute atomic E-state index is 0. The Morgan fingerprint density at radius 2 is 1.29 bits per heavy atom. The van der Waals surface area contributed by atoms with Gasteiger partial charge in [-0.05, 0) is 44.4 Å². The normalized spacial score (nSPS) is 18.8. The monoisotopic (exact) mass is 812 g/mol. The van der Waals surface area contributed by atoms with E-state index in [1.165, 1.54) is 16.7 Å². The highest BCUT2D eigenvalue weighted by Crippen LogP contribution is 2.10. The molecule has 3 heterocycles. The van der Waals surface area contributed by atoms with Crippen LogP contribution in [0, 0.1) is 0 Å². The third kappa shape index (κ3) is 32.6. The average Bonchev–Trinajstić information content (AvgIpc) is 3.97. The zero-order valence-corrected chi connectivity index (χ0v) is 36.0. The van der Waals surface area contributed by atoms with Gasteiger partial charge in [-0.25, -0.2) is 0 Å². The molecule has 12 heteroatoms. The first-order valence-electron chi connectivity index (χ1n) is 19.5. The number of halogens is 2. The Hall–Kier alpha value is -2.16. The predicted octanol–water partition coefficient (Wildman–Crippen LogP) is 5.81. The molecule has 0 radical (unpaired) electrons. The summed E-state index contributed by atoms with van der Waals surface area (Å²) in [5.41, 5.74) is 3.84. The molecule has 0 aliphatic carbocycles. The van der Waals surface area contributed by atoms with E-state index in [9.17, 15) is 5.11 Å². The fourth-order valence-corrected chi connectivity index (χ4v) is 5.17. The SMILES string of the molecule is CC.C[C@@H](O)CN(CCO)Cc1ccccc1.C[C@@H]1CN(Cc2ccccc2)CCO1.C[C@@H]1CNCCO1.C[C@@H]1CO1.Cl.Cl.OCCNCc1ccccc1. The number of ether oxygens (including phenoxy) is 3. The highest BCUT2D eigenvalue weighted by atomic mass is 35.5. The molecule has 3 fully saturated rings. The van der Waals surface area contributed by atoms with Crippen LogP contribution in [-0.2, 0) is 33.8 Å². The second-order valence-corrected chi connectivity index (χ2v) is 13.1. The van der Waals surface area contributed by atoms with Gasteiger partial charge < -0.3 is 40.2 Å². The quantitative estimate of drug-likeness (QED) is 0.113. The second kappa shape index (κ2) is 37.4. The first-order valence-corrected chi connectivity index (χ1v) is 19.5. The second-order valence-electron chi connectivity index (χ2n) is 13.1. The van der Waals surface area contributed by atoms with Gasteiger partial charge in [-0.2, -0.15) is 0 Å². The van der Waals surface area contributed by atoms with E-state index in [1.54, 1.807) is 6.92 Å². The van der Waals surface area contributed by atoms with Crippen LogP contribution in [-0.4, -0.2) is 128 Å². The molecule has 5 N–H and O–H groups in total. The highest BCUT2D eigenvalue weighted by molar-refractivity contribution is 5.85. The van der Waals surface area contributed by atoms with Gasteiger partial charge in [0.25, 0.3) is 0 Å². The molecule has 3 aliphatic rings. The minimum Gasteiger partial charge on any atom is -0.395 e. The van der Waals surface area contributed by atoms with Gasteiger partial charge in [-0.1, -0.05) is 105 Å². The smallest absolute Gasteiger partial charge is 0.0781 e. The van der Waals surface area contributed by atoms with E-state index in [0.29, 0.717) is 37.9 Å². The molecule has 4 atom stereocenters. The van der Waals surface area contributed by atoms with Crippen LogP contribution in [0.4, 0.5) is 0 Å². The van der Waals surface area contributed by atoms with Crippen molar-refractivity contribution in [3.8, 4) is 0 Å². The van der Waals surface area contributed by atoms with Gasteiger partial charge >= 0.3 is 0 Å². The Morgan fingerprint density at radius 3 is 1.71 bits per heavy atom. The van der Waals surface area contributed by atoms with Crippen LogP contribution in [0.15, 0.2) is 91.0 Å². The van der Waals surface area contributed by atoms with Crippen molar-refractivity contribution in [2.45, 2.75) is 85.6 Å². The predicted molar refractivity (Wildman–Crippen MR) is 232 cm³/mol. The van der Waals surface area contributed by atoms with E-state index in [0.717, 1.165) is 65.6 Å². The summed E-state index contributed by atoms with van der Waals surface area (Å²) in [6, 6.07) is 30.8. The third-order valence-electron chi connectivity index (χ3n) is 7.84. The molecule has 0 amide bonds. The molecule has 0 aromatic heterocycles. The van der Waals surface area contributed by atoms with Gasteiger partial charge in [0.2, 0.25) is 0 Å². The van der Waals surface area contributed by atoms with E-state index in [-0.39, 0.29) is 44.1 Å². The van der Waals surface area contributed by atoms with Crippen molar-refractivity contribution in [2.75, 3.05) is 78.8 Å². The van der Waals surface area contributed by atoms with E-state index in [4.69, 9.17) is 24.4 Å². The van der Waals surface area contributed by atoms with Crippen molar-refractivity contribution in [1.29, 1.82) is 0 Å². The lowest BCUT2D eigenvalue weighted by Crippen LogP contribution is -2.40. The summed E-state index contributed by atoms with van der Waals surface area (Å²) in [4.78, 5) is 4.49. The van der Waals surface area contributed by atoms with Crippen LogP contribution in [0.25, 0.3) is 0 Å². The van der Waals surface area contributed by atoms with E-state index >= 15 is 0 Å². The largest absolute Gasteiger partial charge is 0.395 e. The molecule has 0 saturated carbocycles. The number of morpholine rings is 2. The van der Waals surface area contributed by atoms with Crippen LogP contribution in [0.3, 0.4) is 0 Å². The maximum Gasteiger partial charge on any atom is 0.0781 e. The summed E-state index contributed by atoms with van der Waals surface area (Å²) < 4.78 is 15.4. The van der Waals surface area contributed by atoms with E-state index in [1.807, 2.05) is 67.3 Å². The van der Waals surface area contributed by atoms with Crippen LogP contribution in [0.2, 0.25) is 0 Å². The molecule has 3 aliphatic heterocycles. The molecule has 0 bridgehead atoms. The molecule has 3 saturated heterocycles. The number of hydrogen-bond acceptors (Lipinski definition) is 10. The standard InChI is InChI=1S/C12H19NO2.C12H17NO.C9H13NO.C5H11NO.C3H6O.C2H6.2ClH/c1-11(15)9-13(7-8-14)10-12-5-3-2-4-6-12;1-11-9-13(7-8-14-11)10-12-5-3-2-4-6-12;11-7-6-10-8-9-4-2-1-3-5-9;1-5-4-6-2-3-7-5;1-3-2-4-3;1-2;;/h2-6,11,14-15H,7-10H2,1H3;2-6,11H,7-10H2,1H3;1-5,10-11H,6-8H2;5-6H,2-4H2,1H3;3H,2H2,1H3;1-2H3;2*1H/t2*11-;;5-;3-;;;/m11.11.../s1. The number of aliphatic hydroxyl groups excluding tert-OH is 3. The average molecular weight is 814 g/mol. The number of benzene rings is 3. The van der Waals surface area contributed by atoms with Crippen molar-refractivity contribution in [3.05, 3.63) is 108 Å². The zero-order chi connectivity index (χ0) is 38.9. The summed E-state index contributed by atoms with van der Waals surface area (Å²) in [6.07, 6.45) is 1.03. The van der Waals surface area contributed by atoms with Crippen molar-refractivity contribution in [1.82, 2.24) is 20.4 Å². The van der Waals surface area contributed by atoms with Crippen molar-refractivity contribution >= 4 is 24.8 Å². The maximum absolute atomic E-state index is 9.30. The van der Waals surface area contributed by atoms with Crippen molar-refractivity contribution in [2.24, 2.45) is 0 Å². The van der Waals surface area contributed by atoms with Crippen molar-refractivity contribution in [3.63, 3.8) is 0 Å². The molecule has 3 aromatic carbocycles. The fourth-order valence-electron chi connectivity index (χ4n) is 5.17. The van der Waals surface area contributed by atoms with Crippen LogP contribution >= 0.6 is 24.8 Å². The maximum atomic E-state index is 9.30. The van der Waals surface area contributed by atoms with Gasteiger partial charge in [-0.15, -0.1) is 24.8 Å². The number of epoxide rings is 1. The first kappa shape index (κ1) is 54.9. The highest BCUT2D eigenvalue weighted by Gasteiger charge is 2.16. The molecule has 316 valence electrons. The number of hydrogen-bond donors (Lipinski definition) is 5. The van der Waals surface area contributed by atoms with Crippen LogP contribution in [0.5, 0.6) is 0 Å². The number of aliphatic hydroxyl groups is 3. The summed E-state index contributed by atoms with van der Waals surface area (Å²) in [5.74, 6) is 0. The Balaban J connectivity index is 0. The number of nitrogens with zero attached hydrogens (tertiary/aromatic N) is 2. The number of rotatable bonds is 12. The summed E-state index contributed by atoms with van der Waals surface area (Å²) in [7, 11) is 0. The summed E-state index contributed by atoms with van der Waals surface area (Å²) in [5, 5.41) is 33.0. The lowest BCUT2D eigenvalue weighted by Gasteiger charge is -2.31. The fraction of sp³-hybridized carbons (Fsp3) is 0.581. The van der Waals surface area contributed by atoms with Gasteiger partial charge in [0.1, 0.15) is 0 Å². The van der Waals surface area contributed by atoms with Crippen LogP contribution < -0.4 is 10.6 Å². The lowest BCUT2D eigenvalue weighted by atomic mass is 10.2. The van der Waals surface area contributed by atoms with Gasteiger partial charge in [0.15, 0.2) is 0 Å². The Bertz CT molecular complexity index is 1200. The van der Waals surface area contributed by atoms with Crippen LogP contribution in [0.1, 0.15) is 58.2 Å². The van der Waals surface area contributed by atoms with Gasteiger partial charge in [0, 0.05) is 65.4 Å². The molecule has 0 unspecified atom stereocenters. The molecule has 10 nitrogen and oxygen atoms in total. The minimum atomic E-state index is -0.361. The molecule has 0 spiro atoms. The lowest BCUT2D eigenvalue weighted by molar-refractivity contribution is -0.0212. The Labute approximate surface area is 345 Å². The topological polar surface area (TPSA) is 122 Å².